The number of nitrogens with zero attached hydrogens (tertiary/aromatic N) is 2. The molecule has 0 aliphatic heterocycles. The largest absolute Gasteiger partial charge is 0.484 e. The van der Waals surface area contributed by atoms with Gasteiger partial charge in [0.25, 0.3) is 5.91 Å². The molecule has 0 saturated carbocycles. The third-order valence-corrected chi connectivity index (χ3v) is 4.87. The number of amides is 1. The van der Waals surface area contributed by atoms with Crippen LogP contribution in [0.25, 0.3) is 11.0 Å². The summed E-state index contributed by atoms with van der Waals surface area (Å²) >= 11 is 1.14. The standard InChI is InChI=1S/C19H21N3O2S/c1-4-12(2)14-6-8-15(9-7-14)24-11-17(23)20-18-13(3)5-10-16-19(18)22-25-21-16/h5-10,12H,4,11H2,1-3H3,(H,20,23)/t12-/m0/s1. The number of anilines is 1. The van der Waals surface area contributed by atoms with Crippen molar-refractivity contribution in [1.29, 1.82) is 0 Å². The van der Waals surface area contributed by atoms with Crippen molar-refractivity contribution in [2.45, 2.75) is 33.1 Å². The number of fused-ring (bicyclic) bond motifs is 1. The Hall–Kier alpha value is -2.47. The minimum Gasteiger partial charge on any atom is -0.484 e. The molecule has 1 aromatic heterocycles. The van der Waals surface area contributed by atoms with Crippen molar-refractivity contribution in [2.24, 2.45) is 0 Å². The molecule has 130 valence electrons. The van der Waals surface area contributed by atoms with Crippen LogP contribution >= 0.6 is 11.7 Å². The first-order valence-corrected chi connectivity index (χ1v) is 9.06. The van der Waals surface area contributed by atoms with Gasteiger partial charge in [0, 0.05) is 0 Å². The van der Waals surface area contributed by atoms with Gasteiger partial charge in [0.15, 0.2) is 6.61 Å². The maximum absolute atomic E-state index is 12.2. The molecule has 3 aromatic rings. The second-order valence-electron chi connectivity index (χ2n) is 6.10. The van der Waals surface area contributed by atoms with Crippen molar-refractivity contribution in [2.75, 3.05) is 11.9 Å². The topological polar surface area (TPSA) is 64.1 Å². The van der Waals surface area contributed by atoms with Gasteiger partial charge < -0.3 is 10.1 Å². The summed E-state index contributed by atoms with van der Waals surface area (Å²) in [6, 6.07) is 11.7. The monoisotopic (exact) mass is 355 g/mol. The highest BCUT2D eigenvalue weighted by Crippen LogP contribution is 2.25. The smallest absolute Gasteiger partial charge is 0.262 e. The van der Waals surface area contributed by atoms with Gasteiger partial charge in [-0.15, -0.1) is 0 Å². The number of hydrogen-bond donors (Lipinski definition) is 1. The van der Waals surface area contributed by atoms with E-state index >= 15 is 0 Å². The Bertz CT molecular complexity index is 874. The van der Waals surface area contributed by atoms with Crippen LogP contribution in [-0.4, -0.2) is 21.3 Å². The first-order chi connectivity index (χ1) is 12.1. The molecule has 0 fully saturated rings. The summed E-state index contributed by atoms with van der Waals surface area (Å²) in [7, 11) is 0. The lowest BCUT2D eigenvalue weighted by Gasteiger charge is -2.12. The molecule has 0 aliphatic carbocycles. The number of benzene rings is 2. The van der Waals surface area contributed by atoms with E-state index in [1.807, 2.05) is 43.3 Å². The highest BCUT2D eigenvalue weighted by Gasteiger charge is 2.12. The minimum absolute atomic E-state index is 0.0456. The van der Waals surface area contributed by atoms with Crippen molar-refractivity contribution in [1.82, 2.24) is 8.75 Å². The van der Waals surface area contributed by atoms with Crippen LogP contribution in [0.1, 0.15) is 37.3 Å². The van der Waals surface area contributed by atoms with Gasteiger partial charge >= 0.3 is 0 Å². The molecule has 0 spiro atoms. The molecule has 25 heavy (non-hydrogen) atoms. The SMILES string of the molecule is CC[C@H](C)c1ccc(OCC(=O)Nc2c(C)ccc3nsnc23)cc1. The lowest BCUT2D eigenvalue weighted by molar-refractivity contribution is -0.118. The van der Waals surface area contributed by atoms with Gasteiger partial charge in [0.05, 0.1) is 17.4 Å². The predicted molar refractivity (Wildman–Crippen MR) is 101 cm³/mol. The van der Waals surface area contributed by atoms with Gasteiger partial charge in [-0.1, -0.05) is 32.0 Å². The van der Waals surface area contributed by atoms with E-state index in [-0.39, 0.29) is 12.5 Å². The van der Waals surface area contributed by atoms with Crippen molar-refractivity contribution >= 4 is 34.4 Å². The maximum Gasteiger partial charge on any atom is 0.262 e. The quantitative estimate of drug-likeness (QED) is 0.705. The van der Waals surface area contributed by atoms with Crippen LogP contribution in [-0.2, 0) is 4.79 Å². The molecule has 1 atom stereocenters. The summed E-state index contributed by atoms with van der Waals surface area (Å²) in [5, 5.41) is 2.89. The summed E-state index contributed by atoms with van der Waals surface area (Å²) in [6.45, 7) is 6.25. The van der Waals surface area contributed by atoms with E-state index < -0.39 is 0 Å². The van der Waals surface area contributed by atoms with Crippen molar-refractivity contribution < 1.29 is 9.53 Å². The molecule has 1 amide bonds. The van der Waals surface area contributed by atoms with E-state index in [0.717, 1.165) is 34.7 Å². The van der Waals surface area contributed by atoms with Crippen LogP contribution in [0.4, 0.5) is 5.69 Å². The summed E-state index contributed by atoms with van der Waals surface area (Å²) in [6.07, 6.45) is 1.10. The van der Waals surface area contributed by atoms with E-state index in [2.05, 4.69) is 27.9 Å². The van der Waals surface area contributed by atoms with Gasteiger partial charge in [-0.25, -0.2) is 0 Å². The Kier molecular flexibility index (Phi) is 5.28. The van der Waals surface area contributed by atoms with Crippen LogP contribution in [0.5, 0.6) is 5.75 Å². The zero-order valence-corrected chi connectivity index (χ0v) is 15.4. The minimum atomic E-state index is -0.213. The van der Waals surface area contributed by atoms with Gasteiger partial charge in [-0.3, -0.25) is 4.79 Å². The molecule has 3 rings (SSSR count). The second kappa shape index (κ2) is 7.61. The zero-order chi connectivity index (χ0) is 17.8. The van der Waals surface area contributed by atoms with Crippen LogP contribution in [0.3, 0.4) is 0 Å². The number of nitrogens with one attached hydrogen (secondary N) is 1. The van der Waals surface area contributed by atoms with Gasteiger partial charge in [-0.05, 0) is 48.6 Å². The molecule has 0 unspecified atom stereocenters. The lowest BCUT2D eigenvalue weighted by Crippen LogP contribution is -2.20. The Balaban J connectivity index is 1.63. The normalized spacial score (nSPS) is 12.1. The molecule has 2 aromatic carbocycles. The summed E-state index contributed by atoms with van der Waals surface area (Å²) in [4.78, 5) is 12.2. The number of ether oxygens (including phenoxy) is 1. The average molecular weight is 355 g/mol. The fourth-order valence-corrected chi connectivity index (χ4v) is 3.11. The molecule has 1 N–H and O–H groups in total. The highest BCUT2D eigenvalue weighted by atomic mass is 32.1. The Morgan fingerprint density at radius 2 is 1.96 bits per heavy atom. The van der Waals surface area contributed by atoms with Crippen LogP contribution in [0.2, 0.25) is 0 Å². The molecule has 5 nitrogen and oxygen atoms in total. The molecule has 1 heterocycles. The van der Waals surface area contributed by atoms with Crippen LogP contribution in [0, 0.1) is 6.92 Å². The third-order valence-electron chi connectivity index (χ3n) is 4.33. The van der Waals surface area contributed by atoms with Crippen LogP contribution in [0.15, 0.2) is 36.4 Å². The lowest BCUT2D eigenvalue weighted by atomic mass is 9.99. The average Bonchev–Trinajstić information content (AvgIpc) is 3.11. The molecule has 6 heteroatoms. The molecule has 0 radical (unpaired) electrons. The fraction of sp³-hybridized carbons (Fsp3) is 0.316. The van der Waals surface area contributed by atoms with Gasteiger partial charge in [0.1, 0.15) is 16.8 Å². The summed E-state index contributed by atoms with van der Waals surface area (Å²) < 4.78 is 14.1. The van der Waals surface area contributed by atoms with E-state index in [4.69, 9.17) is 4.74 Å². The number of carbonyl (C=O) groups is 1. The molecule has 0 bridgehead atoms. The van der Waals surface area contributed by atoms with Crippen molar-refractivity contribution in [3.63, 3.8) is 0 Å². The maximum atomic E-state index is 12.2. The highest BCUT2D eigenvalue weighted by molar-refractivity contribution is 7.00. The second-order valence-corrected chi connectivity index (χ2v) is 6.63. The fourth-order valence-electron chi connectivity index (χ4n) is 2.56. The van der Waals surface area contributed by atoms with E-state index in [1.165, 1.54) is 5.56 Å². The van der Waals surface area contributed by atoms with E-state index in [9.17, 15) is 4.79 Å². The Morgan fingerprint density at radius 1 is 1.20 bits per heavy atom. The molecular formula is C19H21N3O2S. The first kappa shape index (κ1) is 17.4. The van der Waals surface area contributed by atoms with E-state index in [1.54, 1.807) is 0 Å². The van der Waals surface area contributed by atoms with Crippen molar-refractivity contribution in [3.8, 4) is 5.75 Å². The zero-order valence-electron chi connectivity index (χ0n) is 14.6. The molecule has 0 aliphatic rings. The Labute approximate surface area is 151 Å². The van der Waals surface area contributed by atoms with Crippen LogP contribution < -0.4 is 10.1 Å². The molecule has 0 saturated heterocycles. The first-order valence-electron chi connectivity index (χ1n) is 8.33. The number of hydrogen-bond acceptors (Lipinski definition) is 5. The number of carbonyl (C=O) groups excluding carboxylic acids is 1. The van der Waals surface area contributed by atoms with Gasteiger partial charge in [-0.2, -0.15) is 8.75 Å². The summed E-state index contributed by atoms with van der Waals surface area (Å²) in [5.74, 6) is 0.995. The van der Waals surface area contributed by atoms with E-state index in [0.29, 0.717) is 17.4 Å². The molecular weight excluding hydrogens is 334 g/mol. The van der Waals surface area contributed by atoms with Crippen molar-refractivity contribution in [3.05, 3.63) is 47.5 Å². The Morgan fingerprint density at radius 3 is 2.68 bits per heavy atom. The third kappa shape index (κ3) is 3.96. The number of rotatable bonds is 6. The number of aromatic nitrogens is 2. The number of aryl methyl sites for hydroxylation is 1. The van der Waals surface area contributed by atoms with Gasteiger partial charge in [0.2, 0.25) is 0 Å². The predicted octanol–water partition coefficient (Wildman–Crippen LogP) is 4.53. The summed E-state index contributed by atoms with van der Waals surface area (Å²) in [5.41, 5.74) is 4.43.